The van der Waals surface area contributed by atoms with Crippen LogP contribution in [0, 0.1) is 18.8 Å². The first-order chi connectivity index (χ1) is 14.9. The van der Waals surface area contributed by atoms with Crippen molar-refractivity contribution in [3.63, 3.8) is 0 Å². The molecule has 172 valence electrons. The molecule has 4 rings (SSSR count). The number of carbonyl (C=O) groups is 1. The number of nitrogens with zero attached hydrogens (tertiary/aromatic N) is 2. The summed E-state index contributed by atoms with van der Waals surface area (Å²) in [7, 11) is 0. The Balaban J connectivity index is 1.19. The summed E-state index contributed by atoms with van der Waals surface area (Å²) in [6.45, 7) is 7.00. The van der Waals surface area contributed by atoms with Crippen molar-refractivity contribution in [3.8, 4) is 5.75 Å². The standard InChI is InChI=1S/C24H34Cl2N2O3/c1-16-22(5-4-20(25)23(16)26)31-19-8-10-27(11-9-19)15-18-6-12-28(13-7-18)21(24(29)30)14-17-2-3-17/h4-5,17-19,21H,2-3,6-15H2,1H3,(H,29,30)/t21-/m1/s1. The highest BCUT2D eigenvalue weighted by Crippen LogP contribution is 2.36. The minimum Gasteiger partial charge on any atom is -0.490 e. The fraction of sp³-hybridized carbons (Fsp3) is 0.708. The summed E-state index contributed by atoms with van der Waals surface area (Å²) < 4.78 is 6.23. The van der Waals surface area contributed by atoms with E-state index in [0.717, 1.165) is 76.1 Å². The van der Waals surface area contributed by atoms with Crippen LogP contribution in [-0.2, 0) is 4.79 Å². The lowest BCUT2D eigenvalue weighted by molar-refractivity contribution is -0.144. The number of likely N-dealkylation sites (tertiary alicyclic amines) is 2. The van der Waals surface area contributed by atoms with E-state index in [-0.39, 0.29) is 12.1 Å². The maximum absolute atomic E-state index is 11.7. The van der Waals surface area contributed by atoms with Gasteiger partial charge in [-0.25, -0.2) is 0 Å². The molecule has 0 radical (unpaired) electrons. The largest absolute Gasteiger partial charge is 0.490 e. The van der Waals surface area contributed by atoms with Gasteiger partial charge in [-0.15, -0.1) is 0 Å². The number of carboxylic acids is 1. The molecule has 31 heavy (non-hydrogen) atoms. The minimum absolute atomic E-state index is 0.216. The number of halogens is 2. The van der Waals surface area contributed by atoms with Gasteiger partial charge in [0.15, 0.2) is 0 Å². The zero-order chi connectivity index (χ0) is 22.0. The number of hydrogen-bond donors (Lipinski definition) is 1. The fourth-order valence-electron chi connectivity index (χ4n) is 5.04. The van der Waals surface area contributed by atoms with E-state index in [1.54, 1.807) is 6.07 Å². The molecule has 1 aliphatic carbocycles. The van der Waals surface area contributed by atoms with Gasteiger partial charge in [0.2, 0.25) is 0 Å². The molecule has 0 unspecified atom stereocenters. The van der Waals surface area contributed by atoms with Crippen molar-refractivity contribution in [2.24, 2.45) is 11.8 Å². The van der Waals surface area contributed by atoms with Gasteiger partial charge in [0.25, 0.3) is 0 Å². The predicted octanol–water partition coefficient (Wildman–Crippen LogP) is 5.11. The number of rotatable bonds is 8. The van der Waals surface area contributed by atoms with E-state index < -0.39 is 5.97 Å². The molecular weight excluding hydrogens is 435 g/mol. The van der Waals surface area contributed by atoms with Gasteiger partial charge in [-0.05, 0) is 76.1 Å². The van der Waals surface area contributed by atoms with Gasteiger partial charge in [-0.1, -0.05) is 36.0 Å². The zero-order valence-corrected chi connectivity index (χ0v) is 19.9. The highest BCUT2D eigenvalue weighted by molar-refractivity contribution is 6.42. The van der Waals surface area contributed by atoms with E-state index >= 15 is 0 Å². The van der Waals surface area contributed by atoms with Crippen LogP contribution in [0.1, 0.15) is 50.5 Å². The normalized spacial score (nSPS) is 23.1. The van der Waals surface area contributed by atoms with E-state index in [0.29, 0.717) is 21.9 Å². The lowest BCUT2D eigenvalue weighted by Crippen LogP contribution is -2.48. The predicted molar refractivity (Wildman–Crippen MR) is 124 cm³/mol. The first kappa shape index (κ1) is 23.2. The molecule has 0 aromatic heterocycles. The van der Waals surface area contributed by atoms with E-state index in [1.165, 1.54) is 12.8 Å². The highest BCUT2D eigenvalue weighted by atomic mass is 35.5. The Kier molecular flexibility index (Phi) is 7.68. The number of carboxylic acid groups (broad SMARTS) is 1. The maximum Gasteiger partial charge on any atom is 0.320 e. The monoisotopic (exact) mass is 468 g/mol. The Morgan fingerprint density at radius 3 is 2.35 bits per heavy atom. The van der Waals surface area contributed by atoms with Crippen molar-refractivity contribution in [2.75, 3.05) is 32.7 Å². The van der Waals surface area contributed by atoms with Crippen molar-refractivity contribution >= 4 is 29.2 Å². The molecule has 3 fully saturated rings. The second kappa shape index (κ2) is 10.3. The average Bonchev–Trinajstić information content (AvgIpc) is 3.59. The van der Waals surface area contributed by atoms with E-state index in [2.05, 4.69) is 9.80 Å². The van der Waals surface area contributed by atoms with Crippen molar-refractivity contribution in [1.29, 1.82) is 0 Å². The van der Waals surface area contributed by atoms with Crippen LogP contribution >= 0.6 is 23.2 Å². The van der Waals surface area contributed by atoms with Crippen molar-refractivity contribution < 1.29 is 14.6 Å². The molecule has 0 amide bonds. The molecule has 1 N–H and O–H groups in total. The Morgan fingerprint density at radius 2 is 1.74 bits per heavy atom. The number of aliphatic carboxylic acids is 1. The molecule has 1 aromatic carbocycles. The third-order valence-electron chi connectivity index (χ3n) is 7.26. The molecule has 7 heteroatoms. The molecule has 2 aliphatic heterocycles. The molecule has 0 bridgehead atoms. The SMILES string of the molecule is Cc1c(OC2CCN(CC3CCN([C@H](CC4CC4)C(=O)O)CC3)CC2)ccc(Cl)c1Cl. The number of piperidine rings is 2. The highest BCUT2D eigenvalue weighted by Gasteiger charge is 2.35. The molecule has 3 aliphatic rings. The molecule has 5 nitrogen and oxygen atoms in total. The Bertz CT molecular complexity index is 770. The van der Waals surface area contributed by atoms with Gasteiger partial charge in [0.1, 0.15) is 17.9 Å². The van der Waals surface area contributed by atoms with E-state index in [9.17, 15) is 9.90 Å². The third kappa shape index (κ3) is 6.07. The van der Waals surface area contributed by atoms with Crippen molar-refractivity contribution in [3.05, 3.63) is 27.7 Å². The van der Waals surface area contributed by atoms with Crippen LogP contribution in [0.15, 0.2) is 12.1 Å². The molecule has 1 aromatic rings. The topological polar surface area (TPSA) is 53.0 Å². The first-order valence-corrected chi connectivity index (χ1v) is 12.5. The minimum atomic E-state index is -0.635. The average molecular weight is 469 g/mol. The summed E-state index contributed by atoms with van der Waals surface area (Å²) in [5, 5.41) is 10.8. The summed E-state index contributed by atoms with van der Waals surface area (Å²) in [5.74, 6) is 1.51. The summed E-state index contributed by atoms with van der Waals surface area (Å²) in [6.07, 6.45) is 7.72. The van der Waals surface area contributed by atoms with E-state index in [1.807, 2.05) is 13.0 Å². The zero-order valence-electron chi connectivity index (χ0n) is 18.4. The molecule has 1 atom stereocenters. The fourth-order valence-corrected chi connectivity index (χ4v) is 5.40. The lowest BCUT2D eigenvalue weighted by atomic mass is 9.93. The molecular formula is C24H34Cl2N2O3. The Labute approximate surface area is 195 Å². The van der Waals surface area contributed by atoms with Crippen LogP contribution in [0.3, 0.4) is 0 Å². The van der Waals surface area contributed by atoms with Gasteiger partial charge in [0.05, 0.1) is 10.0 Å². The lowest BCUT2D eigenvalue weighted by Gasteiger charge is -2.39. The van der Waals surface area contributed by atoms with Crippen LogP contribution in [0.2, 0.25) is 10.0 Å². The number of benzene rings is 1. The second-order valence-electron chi connectivity index (χ2n) is 9.61. The Morgan fingerprint density at radius 1 is 1.06 bits per heavy atom. The van der Waals surface area contributed by atoms with Crippen LogP contribution in [-0.4, -0.2) is 65.7 Å². The van der Waals surface area contributed by atoms with Crippen LogP contribution < -0.4 is 4.74 Å². The summed E-state index contributed by atoms with van der Waals surface area (Å²) >= 11 is 12.3. The van der Waals surface area contributed by atoms with E-state index in [4.69, 9.17) is 27.9 Å². The van der Waals surface area contributed by atoms with Crippen molar-refractivity contribution in [1.82, 2.24) is 9.80 Å². The summed E-state index contributed by atoms with van der Waals surface area (Å²) in [5.41, 5.74) is 0.907. The van der Waals surface area contributed by atoms with Gasteiger partial charge in [-0.3, -0.25) is 9.69 Å². The summed E-state index contributed by atoms with van der Waals surface area (Å²) in [6, 6.07) is 3.44. The quantitative estimate of drug-likeness (QED) is 0.574. The third-order valence-corrected chi connectivity index (χ3v) is 8.16. The van der Waals surface area contributed by atoms with Crippen LogP contribution in [0.4, 0.5) is 0 Å². The van der Waals surface area contributed by atoms with Gasteiger partial charge in [0, 0.05) is 25.2 Å². The van der Waals surface area contributed by atoms with Crippen molar-refractivity contribution in [2.45, 2.75) is 64.0 Å². The second-order valence-corrected chi connectivity index (χ2v) is 10.4. The number of hydrogen-bond acceptors (Lipinski definition) is 4. The maximum atomic E-state index is 11.7. The first-order valence-electron chi connectivity index (χ1n) is 11.7. The van der Waals surface area contributed by atoms with Gasteiger partial charge >= 0.3 is 5.97 Å². The molecule has 0 spiro atoms. The van der Waals surface area contributed by atoms with Gasteiger partial charge < -0.3 is 14.7 Å². The van der Waals surface area contributed by atoms with Crippen LogP contribution in [0.25, 0.3) is 0 Å². The van der Waals surface area contributed by atoms with Crippen LogP contribution in [0.5, 0.6) is 5.75 Å². The van der Waals surface area contributed by atoms with Gasteiger partial charge in [-0.2, -0.15) is 0 Å². The molecule has 1 saturated carbocycles. The smallest absolute Gasteiger partial charge is 0.320 e. The summed E-state index contributed by atoms with van der Waals surface area (Å²) in [4.78, 5) is 16.5. The Hall–Kier alpha value is -1.01. The molecule has 2 saturated heterocycles. The molecule has 2 heterocycles. The number of ether oxygens (including phenoxy) is 1.